The van der Waals surface area contributed by atoms with Gasteiger partial charge in [0, 0.05) is 12.5 Å². The van der Waals surface area contributed by atoms with E-state index in [0.717, 1.165) is 12.1 Å². The molecule has 100 valence electrons. The average molecular weight is 254 g/mol. The van der Waals surface area contributed by atoms with E-state index in [1.165, 1.54) is 19.4 Å². The standard InChI is InChI=1S/C13H19FN2O2/c1-3-11(12-7-6-10(14)9-16-12)15-8-4-5-13(17)18-2/h6-7,9,11,15H,3-5,8H2,1-2H3. The summed E-state index contributed by atoms with van der Waals surface area (Å²) in [7, 11) is 1.38. The topological polar surface area (TPSA) is 51.2 Å². The third-order valence-corrected chi connectivity index (χ3v) is 2.69. The minimum atomic E-state index is -0.334. The minimum Gasteiger partial charge on any atom is -0.469 e. The van der Waals surface area contributed by atoms with Crippen molar-refractivity contribution in [3.8, 4) is 0 Å². The number of hydrogen-bond donors (Lipinski definition) is 1. The SMILES string of the molecule is CCC(NCCCC(=O)OC)c1ccc(F)cn1. The lowest BCUT2D eigenvalue weighted by molar-refractivity contribution is -0.140. The quantitative estimate of drug-likeness (QED) is 0.598. The zero-order valence-electron chi connectivity index (χ0n) is 10.8. The number of methoxy groups -OCH3 is 1. The van der Waals surface area contributed by atoms with Gasteiger partial charge in [-0.05, 0) is 31.5 Å². The summed E-state index contributed by atoms with van der Waals surface area (Å²) in [6, 6.07) is 3.17. The molecule has 1 aromatic heterocycles. The number of carbonyl (C=O) groups excluding carboxylic acids is 1. The van der Waals surface area contributed by atoms with Crippen LogP contribution >= 0.6 is 0 Å². The van der Waals surface area contributed by atoms with Crippen LogP contribution in [0.25, 0.3) is 0 Å². The Kier molecular flexibility index (Phi) is 6.28. The molecule has 1 atom stereocenters. The largest absolute Gasteiger partial charge is 0.469 e. The van der Waals surface area contributed by atoms with Crippen LogP contribution in [0.4, 0.5) is 4.39 Å². The molecule has 18 heavy (non-hydrogen) atoms. The highest BCUT2D eigenvalue weighted by molar-refractivity contribution is 5.69. The van der Waals surface area contributed by atoms with Crippen molar-refractivity contribution >= 4 is 5.97 Å². The van der Waals surface area contributed by atoms with E-state index < -0.39 is 0 Å². The van der Waals surface area contributed by atoms with Crippen LogP contribution in [0.3, 0.4) is 0 Å². The molecule has 0 amide bonds. The van der Waals surface area contributed by atoms with Gasteiger partial charge in [0.1, 0.15) is 5.82 Å². The first-order valence-electron chi connectivity index (χ1n) is 6.09. The molecule has 0 bridgehead atoms. The summed E-state index contributed by atoms with van der Waals surface area (Å²) >= 11 is 0. The van der Waals surface area contributed by atoms with E-state index in [1.807, 2.05) is 6.92 Å². The molecule has 0 aliphatic heterocycles. The fraction of sp³-hybridized carbons (Fsp3) is 0.538. The van der Waals surface area contributed by atoms with Crippen molar-refractivity contribution in [1.82, 2.24) is 10.3 Å². The smallest absolute Gasteiger partial charge is 0.305 e. The van der Waals surface area contributed by atoms with E-state index in [0.29, 0.717) is 19.4 Å². The maximum absolute atomic E-state index is 12.8. The maximum atomic E-state index is 12.8. The van der Waals surface area contributed by atoms with Crippen molar-refractivity contribution in [2.45, 2.75) is 32.2 Å². The molecule has 1 unspecified atom stereocenters. The molecule has 0 radical (unpaired) electrons. The van der Waals surface area contributed by atoms with Crippen LogP contribution in [0.15, 0.2) is 18.3 Å². The van der Waals surface area contributed by atoms with Gasteiger partial charge in [0.25, 0.3) is 0 Å². The number of nitrogens with zero attached hydrogens (tertiary/aromatic N) is 1. The van der Waals surface area contributed by atoms with Gasteiger partial charge in [0.15, 0.2) is 0 Å². The van der Waals surface area contributed by atoms with Gasteiger partial charge in [0.2, 0.25) is 0 Å². The van der Waals surface area contributed by atoms with Crippen molar-refractivity contribution in [2.75, 3.05) is 13.7 Å². The van der Waals surface area contributed by atoms with Crippen LogP contribution in [-0.4, -0.2) is 24.6 Å². The number of pyridine rings is 1. The highest BCUT2D eigenvalue weighted by atomic mass is 19.1. The Balaban J connectivity index is 2.38. The number of aromatic nitrogens is 1. The second-order valence-electron chi connectivity index (χ2n) is 4.00. The zero-order chi connectivity index (χ0) is 13.4. The number of halogens is 1. The average Bonchev–Trinajstić information content (AvgIpc) is 2.40. The molecule has 1 N–H and O–H groups in total. The summed E-state index contributed by atoms with van der Waals surface area (Å²) in [5.74, 6) is -0.538. The maximum Gasteiger partial charge on any atom is 0.305 e. The lowest BCUT2D eigenvalue weighted by Gasteiger charge is -2.16. The lowest BCUT2D eigenvalue weighted by Crippen LogP contribution is -2.23. The molecule has 0 fully saturated rings. The Labute approximate surface area is 107 Å². The van der Waals surface area contributed by atoms with Crippen LogP contribution in [0.1, 0.15) is 37.9 Å². The van der Waals surface area contributed by atoms with Crippen LogP contribution < -0.4 is 5.32 Å². The summed E-state index contributed by atoms with van der Waals surface area (Å²) in [6.07, 6.45) is 3.19. The van der Waals surface area contributed by atoms with Crippen molar-refractivity contribution in [3.63, 3.8) is 0 Å². The van der Waals surface area contributed by atoms with E-state index in [4.69, 9.17) is 0 Å². The predicted octanol–water partition coefficient (Wildman–Crippen LogP) is 2.21. The summed E-state index contributed by atoms with van der Waals surface area (Å²) in [5, 5.41) is 3.29. The predicted molar refractivity (Wildman–Crippen MR) is 66.5 cm³/mol. The fourth-order valence-corrected chi connectivity index (χ4v) is 1.66. The van der Waals surface area contributed by atoms with E-state index in [2.05, 4.69) is 15.0 Å². The number of esters is 1. The van der Waals surface area contributed by atoms with Gasteiger partial charge >= 0.3 is 5.97 Å². The van der Waals surface area contributed by atoms with Crippen LogP contribution in [0.2, 0.25) is 0 Å². The normalized spacial score (nSPS) is 12.2. The van der Waals surface area contributed by atoms with Gasteiger partial charge < -0.3 is 10.1 Å². The highest BCUT2D eigenvalue weighted by Gasteiger charge is 2.10. The van der Waals surface area contributed by atoms with Crippen molar-refractivity contribution in [3.05, 3.63) is 29.8 Å². The van der Waals surface area contributed by atoms with Gasteiger partial charge in [-0.1, -0.05) is 6.92 Å². The molecule has 1 aromatic rings. The molecule has 5 heteroatoms. The van der Waals surface area contributed by atoms with Crippen LogP contribution in [0, 0.1) is 5.82 Å². The van der Waals surface area contributed by atoms with Gasteiger partial charge in [-0.2, -0.15) is 0 Å². The summed E-state index contributed by atoms with van der Waals surface area (Å²) in [4.78, 5) is 15.0. The molecule has 0 saturated heterocycles. The van der Waals surface area contributed by atoms with E-state index in [-0.39, 0.29) is 17.8 Å². The number of hydrogen-bond acceptors (Lipinski definition) is 4. The summed E-state index contributed by atoms with van der Waals surface area (Å²) in [6.45, 7) is 2.73. The summed E-state index contributed by atoms with van der Waals surface area (Å²) in [5.41, 5.74) is 0.817. The Bertz CT molecular complexity index is 368. The molecule has 0 aromatic carbocycles. The van der Waals surface area contributed by atoms with Gasteiger partial charge in [-0.3, -0.25) is 9.78 Å². The third-order valence-electron chi connectivity index (χ3n) is 2.69. The zero-order valence-corrected chi connectivity index (χ0v) is 10.8. The number of ether oxygens (including phenoxy) is 1. The van der Waals surface area contributed by atoms with Gasteiger partial charge in [-0.25, -0.2) is 4.39 Å². The molecule has 1 rings (SSSR count). The van der Waals surface area contributed by atoms with Crippen molar-refractivity contribution in [1.29, 1.82) is 0 Å². The Morgan fingerprint density at radius 3 is 2.89 bits per heavy atom. The van der Waals surface area contributed by atoms with E-state index in [9.17, 15) is 9.18 Å². The first-order valence-corrected chi connectivity index (χ1v) is 6.09. The molecule has 4 nitrogen and oxygen atoms in total. The molecule has 1 heterocycles. The Hall–Kier alpha value is -1.49. The first-order chi connectivity index (χ1) is 8.67. The Morgan fingerprint density at radius 1 is 1.56 bits per heavy atom. The second-order valence-corrected chi connectivity index (χ2v) is 4.00. The lowest BCUT2D eigenvalue weighted by atomic mass is 10.1. The Morgan fingerprint density at radius 2 is 2.33 bits per heavy atom. The fourth-order valence-electron chi connectivity index (χ4n) is 1.66. The van der Waals surface area contributed by atoms with Gasteiger partial charge in [0.05, 0.1) is 19.0 Å². The first kappa shape index (κ1) is 14.6. The number of carbonyl (C=O) groups is 1. The number of nitrogens with one attached hydrogen (secondary N) is 1. The molecular formula is C13H19FN2O2. The highest BCUT2D eigenvalue weighted by Crippen LogP contribution is 2.14. The van der Waals surface area contributed by atoms with Gasteiger partial charge in [-0.15, -0.1) is 0 Å². The molecule has 0 aliphatic rings. The van der Waals surface area contributed by atoms with Crippen LogP contribution in [-0.2, 0) is 9.53 Å². The second kappa shape index (κ2) is 7.76. The minimum absolute atomic E-state index is 0.0863. The molecule has 0 saturated carbocycles. The number of rotatable bonds is 7. The van der Waals surface area contributed by atoms with Crippen molar-refractivity contribution in [2.24, 2.45) is 0 Å². The molecule has 0 aliphatic carbocycles. The molecule has 0 spiro atoms. The molecular weight excluding hydrogens is 235 g/mol. The monoisotopic (exact) mass is 254 g/mol. The third kappa shape index (κ3) is 4.79. The van der Waals surface area contributed by atoms with Crippen molar-refractivity contribution < 1.29 is 13.9 Å². The van der Waals surface area contributed by atoms with E-state index >= 15 is 0 Å². The van der Waals surface area contributed by atoms with E-state index in [1.54, 1.807) is 6.07 Å². The summed E-state index contributed by atoms with van der Waals surface area (Å²) < 4.78 is 17.3. The van der Waals surface area contributed by atoms with Crippen LogP contribution in [0.5, 0.6) is 0 Å².